The van der Waals surface area contributed by atoms with E-state index in [1.165, 1.54) is 5.57 Å². The molecule has 3 fully saturated rings. The van der Waals surface area contributed by atoms with Crippen LogP contribution in [0.15, 0.2) is 35.5 Å². The van der Waals surface area contributed by atoms with Gasteiger partial charge >= 0.3 is 6.18 Å². The maximum Gasteiger partial charge on any atom is 0.417 e. The first-order chi connectivity index (χ1) is 16.2. The van der Waals surface area contributed by atoms with Gasteiger partial charge in [-0.1, -0.05) is 38.2 Å². The molecule has 0 heterocycles. The number of rotatable bonds is 6. The minimum atomic E-state index is -4.86. The summed E-state index contributed by atoms with van der Waals surface area (Å²) in [7, 11) is 0. The second-order valence-electron chi connectivity index (χ2n) is 11.4. The van der Waals surface area contributed by atoms with Crippen LogP contribution in [0, 0.1) is 23.2 Å². The van der Waals surface area contributed by atoms with Crippen LogP contribution in [0.4, 0.5) is 13.2 Å². The highest BCUT2D eigenvalue weighted by molar-refractivity contribution is 5.77. The van der Waals surface area contributed by atoms with E-state index in [4.69, 9.17) is 0 Å². The Morgan fingerprint density at radius 2 is 1.97 bits per heavy atom. The number of alkyl halides is 3. The molecular formula is C27H40F3NO4. The number of aliphatic hydroxyl groups is 3. The van der Waals surface area contributed by atoms with Gasteiger partial charge in [-0.25, -0.2) is 0 Å². The highest BCUT2D eigenvalue weighted by Crippen LogP contribution is 2.59. The second-order valence-corrected chi connectivity index (χ2v) is 11.4. The van der Waals surface area contributed by atoms with Crippen molar-refractivity contribution in [3.05, 3.63) is 35.5 Å². The fourth-order valence-corrected chi connectivity index (χ4v) is 6.57. The molecule has 198 valence electrons. The van der Waals surface area contributed by atoms with E-state index in [0.717, 1.165) is 37.7 Å². The summed E-state index contributed by atoms with van der Waals surface area (Å²) in [6, 6.07) is 0. The zero-order valence-corrected chi connectivity index (χ0v) is 21.0. The van der Waals surface area contributed by atoms with Gasteiger partial charge in [-0.2, -0.15) is 13.2 Å². The molecule has 0 aromatic heterocycles. The average molecular weight is 500 g/mol. The highest BCUT2D eigenvalue weighted by Gasteiger charge is 2.52. The topological polar surface area (TPSA) is 89.8 Å². The Morgan fingerprint density at radius 3 is 2.63 bits per heavy atom. The number of allylic oxidation sites excluding steroid dienone is 3. The molecule has 35 heavy (non-hydrogen) atoms. The summed E-state index contributed by atoms with van der Waals surface area (Å²) >= 11 is 0. The quantitative estimate of drug-likeness (QED) is 0.431. The van der Waals surface area contributed by atoms with Gasteiger partial charge in [0.25, 0.3) is 0 Å². The molecule has 0 radical (unpaired) electrons. The van der Waals surface area contributed by atoms with Crippen molar-refractivity contribution in [2.45, 2.75) is 96.1 Å². The standard InChI is InChI=1S/C27H40F3NO4/c1-16(15-31-24(34)14-26(4,35)27(28,29)30)21-9-10-22-18(6-5-11-25(21,22)3)7-8-19-12-20(32)13-23(33)17(19)2/h7-8,16,20-23,32-33,35H,2,5-6,9-15H2,1,3-4H3,(H,31,34)/t16-,20+,21+,22?,23-,25+,26-/m0/s1. The number of hydrogen-bond acceptors (Lipinski definition) is 4. The van der Waals surface area contributed by atoms with Crippen LogP contribution in [0.1, 0.15) is 72.1 Å². The molecule has 3 rings (SSSR count). The number of fused-ring (bicyclic) bond motifs is 1. The van der Waals surface area contributed by atoms with Gasteiger partial charge in [-0.15, -0.1) is 0 Å². The fourth-order valence-electron chi connectivity index (χ4n) is 6.57. The molecule has 0 saturated heterocycles. The second kappa shape index (κ2) is 10.4. The first-order valence-electron chi connectivity index (χ1n) is 12.7. The maximum absolute atomic E-state index is 12.9. The Labute approximate surface area is 206 Å². The van der Waals surface area contributed by atoms with Gasteiger partial charge in [0.15, 0.2) is 5.60 Å². The predicted octanol–water partition coefficient (Wildman–Crippen LogP) is 4.58. The van der Waals surface area contributed by atoms with Crippen molar-refractivity contribution in [2.75, 3.05) is 6.54 Å². The van der Waals surface area contributed by atoms with Crippen LogP contribution >= 0.6 is 0 Å². The van der Waals surface area contributed by atoms with Gasteiger partial charge in [-0.05, 0) is 79.8 Å². The van der Waals surface area contributed by atoms with E-state index in [9.17, 15) is 33.3 Å². The van der Waals surface area contributed by atoms with Crippen molar-refractivity contribution in [1.29, 1.82) is 0 Å². The lowest BCUT2D eigenvalue weighted by Crippen LogP contribution is -2.47. The Balaban J connectivity index is 1.65. The van der Waals surface area contributed by atoms with E-state index >= 15 is 0 Å². The monoisotopic (exact) mass is 499 g/mol. The molecule has 3 aliphatic rings. The molecule has 4 N–H and O–H groups in total. The molecule has 7 atom stereocenters. The minimum Gasteiger partial charge on any atom is -0.393 e. The normalized spacial score (nSPS) is 36.7. The van der Waals surface area contributed by atoms with Crippen LogP contribution < -0.4 is 5.32 Å². The van der Waals surface area contributed by atoms with E-state index in [0.29, 0.717) is 37.2 Å². The lowest BCUT2D eigenvalue weighted by Gasteiger charge is -2.44. The summed E-state index contributed by atoms with van der Waals surface area (Å²) in [5.74, 6) is -0.00721. The molecule has 0 aromatic carbocycles. The molecule has 0 bridgehead atoms. The molecule has 5 nitrogen and oxygen atoms in total. The van der Waals surface area contributed by atoms with Crippen molar-refractivity contribution in [3.63, 3.8) is 0 Å². The Hall–Kier alpha value is -1.64. The third kappa shape index (κ3) is 6.03. The molecule has 0 spiro atoms. The summed E-state index contributed by atoms with van der Waals surface area (Å²) in [4.78, 5) is 12.1. The third-order valence-corrected chi connectivity index (χ3v) is 8.73. The van der Waals surface area contributed by atoms with Gasteiger partial charge < -0.3 is 20.6 Å². The van der Waals surface area contributed by atoms with Crippen molar-refractivity contribution in [1.82, 2.24) is 5.32 Å². The summed E-state index contributed by atoms with van der Waals surface area (Å²) < 4.78 is 38.6. The molecule has 0 aliphatic heterocycles. The molecule has 1 unspecified atom stereocenters. The first kappa shape index (κ1) is 27.9. The number of halogens is 3. The van der Waals surface area contributed by atoms with Gasteiger partial charge in [0.2, 0.25) is 5.91 Å². The summed E-state index contributed by atoms with van der Waals surface area (Å²) in [5, 5.41) is 32.3. The number of aliphatic hydroxyl groups excluding tert-OH is 2. The van der Waals surface area contributed by atoms with Gasteiger partial charge in [-0.3, -0.25) is 4.79 Å². The molecule has 0 aromatic rings. The number of nitrogens with one attached hydrogen (secondary N) is 1. The number of carbonyl (C=O) groups is 1. The zero-order chi connectivity index (χ0) is 26.2. The molecule has 3 saturated carbocycles. The third-order valence-electron chi connectivity index (χ3n) is 8.73. The van der Waals surface area contributed by atoms with Gasteiger partial charge in [0, 0.05) is 13.0 Å². The highest BCUT2D eigenvalue weighted by atomic mass is 19.4. The van der Waals surface area contributed by atoms with Crippen LogP contribution in [0.25, 0.3) is 0 Å². The first-order valence-corrected chi connectivity index (χ1v) is 12.7. The zero-order valence-electron chi connectivity index (χ0n) is 21.0. The van der Waals surface area contributed by atoms with Crippen LogP contribution in [-0.2, 0) is 4.79 Å². The minimum absolute atomic E-state index is 0.0345. The van der Waals surface area contributed by atoms with Gasteiger partial charge in [0.1, 0.15) is 0 Å². The summed E-state index contributed by atoms with van der Waals surface area (Å²) in [6.45, 7) is 9.21. The maximum atomic E-state index is 12.9. The predicted molar refractivity (Wildman–Crippen MR) is 128 cm³/mol. The van der Waals surface area contributed by atoms with E-state index in [-0.39, 0.29) is 17.9 Å². The lowest BCUT2D eigenvalue weighted by molar-refractivity contribution is -0.253. The fraction of sp³-hybridized carbons (Fsp3) is 0.741. The van der Waals surface area contributed by atoms with Crippen molar-refractivity contribution in [2.24, 2.45) is 23.2 Å². The van der Waals surface area contributed by atoms with E-state index in [2.05, 4.69) is 24.9 Å². The Bertz CT molecular complexity index is 878. The molecule has 3 aliphatic carbocycles. The summed E-state index contributed by atoms with van der Waals surface area (Å²) in [6.07, 6.45) is 2.88. The average Bonchev–Trinajstić information content (AvgIpc) is 3.10. The van der Waals surface area contributed by atoms with E-state index < -0.39 is 36.3 Å². The summed E-state index contributed by atoms with van der Waals surface area (Å²) in [5.41, 5.74) is -0.0981. The lowest BCUT2D eigenvalue weighted by atomic mass is 9.61. The SMILES string of the molecule is C=C1C(=CC=C2CCC[C@@]3(C)C2CC[C@@H]3[C@@H](C)CNC(=O)C[C@](C)(O)C(F)(F)F)C[C@@H](O)C[C@@H]1O. The molecule has 1 amide bonds. The molecular weight excluding hydrogens is 459 g/mol. The van der Waals surface area contributed by atoms with Crippen LogP contribution in [0.5, 0.6) is 0 Å². The van der Waals surface area contributed by atoms with Gasteiger partial charge in [0.05, 0.1) is 18.6 Å². The van der Waals surface area contributed by atoms with Crippen LogP contribution in [0.2, 0.25) is 0 Å². The number of hydrogen-bond donors (Lipinski definition) is 4. The van der Waals surface area contributed by atoms with Crippen molar-refractivity contribution < 1.29 is 33.3 Å². The number of amides is 1. The van der Waals surface area contributed by atoms with Crippen molar-refractivity contribution in [3.8, 4) is 0 Å². The van der Waals surface area contributed by atoms with E-state index in [1.54, 1.807) is 0 Å². The smallest absolute Gasteiger partial charge is 0.393 e. The van der Waals surface area contributed by atoms with Crippen LogP contribution in [0.3, 0.4) is 0 Å². The van der Waals surface area contributed by atoms with Crippen LogP contribution in [-0.4, -0.2) is 51.8 Å². The van der Waals surface area contributed by atoms with E-state index in [1.807, 2.05) is 13.0 Å². The van der Waals surface area contributed by atoms with Crippen molar-refractivity contribution >= 4 is 5.91 Å². The number of carbonyl (C=O) groups excluding carboxylic acids is 1. The Morgan fingerprint density at radius 1 is 1.29 bits per heavy atom. The Kier molecular flexibility index (Phi) is 8.29. The molecule has 8 heteroatoms. The largest absolute Gasteiger partial charge is 0.417 e.